The lowest BCUT2D eigenvalue weighted by atomic mass is 10.0. The summed E-state index contributed by atoms with van der Waals surface area (Å²) >= 11 is 0. The molecule has 1 aromatic rings. The second-order valence-corrected chi connectivity index (χ2v) is 3.49. The maximum Gasteiger partial charge on any atom is 0.416 e. The predicted octanol–water partition coefficient (Wildman–Crippen LogP) is 2.11. The zero-order valence-corrected chi connectivity index (χ0v) is 8.49. The normalized spacial score (nSPS) is 15.9. The summed E-state index contributed by atoms with van der Waals surface area (Å²) in [6.07, 6.45) is -5.64. The van der Waals surface area contributed by atoms with Crippen molar-refractivity contribution in [2.75, 3.05) is 0 Å². The van der Waals surface area contributed by atoms with Crippen LogP contribution in [0, 0.1) is 0 Å². The summed E-state index contributed by atoms with van der Waals surface area (Å²) in [4.78, 5) is 0. The Labute approximate surface area is 90.5 Å². The fourth-order valence-electron chi connectivity index (χ4n) is 1.26. The smallest absolute Gasteiger partial charge is 0.387 e. The molecule has 3 N–H and O–H groups in total. The van der Waals surface area contributed by atoms with Gasteiger partial charge in [0.2, 0.25) is 0 Å². The molecule has 1 aromatic carbocycles. The quantitative estimate of drug-likeness (QED) is 0.703. The molecule has 90 valence electrons. The first kappa shape index (κ1) is 13.0. The van der Waals surface area contributed by atoms with Gasteiger partial charge in [-0.05, 0) is 24.6 Å². The lowest BCUT2D eigenvalue weighted by Crippen LogP contribution is -2.29. The SMILES string of the molecule is CC(NO)C(O)c1cccc(C(F)(F)F)c1. The van der Waals surface area contributed by atoms with Crippen molar-refractivity contribution in [2.45, 2.75) is 25.2 Å². The number of rotatable bonds is 3. The van der Waals surface area contributed by atoms with E-state index in [1.54, 1.807) is 5.48 Å². The number of alkyl halides is 3. The van der Waals surface area contributed by atoms with Crippen LogP contribution in [-0.4, -0.2) is 16.4 Å². The molecule has 0 aromatic heterocycles. The molecule has 0 bridgehead atoms. The molecule has 1 rings (SSSR count). The van der Waals surface area contributed by atoms with Gasteiger partial charge in [0.1, 0.15) is 0 Å². The average Bonchev–Trinajstić information content (AvgIpc) is 2.26. The lowest BCUT2D eigenvalue weighted by molar-refractivity contribution is -0.137. The molecule has 0 heterocycles. The van der Waals surface area contributed by atoms with Crippen LogP contribution in [-0.2, 0) is 6.18 Å². The summed E-state index contributed by atoms with van der Waals surface area (Å²) < 4.78 is 37.1. The van der Waals surface area contributed by atoms with Crippen molar-refractivity contribution < 1.29 is 23.5 Å². The molecule has 0 amide bonds. The van der Waals surface area contributed by atoms with Gasteiger partial charge >= 0.3 is 6.18 Å². The highest BCUT2D eigenvalue weighted by Gasteiger charge is 2.31. The van der Waals surface area contributed by atoms with Gasteiger partial charge in [0.05, 0.1) is 17.7 Å². The van der Waals surface area contributed by atoms with Crippen LogP contribution in [0.1, 0.15) is 24.2 Å². The first-order valence-corrected chi connectivity index (χ1v) is 4.61. The Morgan fingerprint density at radius 2 is 1.94 bits per heavy atom. The van der Waals surface area contributed by atoms with Crippen LogP contribution >= 0.6 is 0 Å². The summed E-state index contributed by atoms with van der Waals surface area (Å²) in [6, 6.07) is 3.62. The minimum atomic E-state index is -4.44. The van der Waals surface area contributed by atoms with Crippen LogP contribution in [0.5, 0.6) is 0 Å². The van der Waals surface area contributed by atoms with Gasteiger partial charge in [-0.2, -0.15) is 18.7 Å². The van der Waals surface area contributed by atoms with E-state index < -0.39 is 23.9 Å². The summed E-state index contributed by atoms with van der Waals surface area (Å²) in [6.45, 7) is 1.45. The molecule has 16 heavy (non-hydrogen) atoms. The Balaban J connectivity index is 2.99. The van der Waals surface area contributed by atoms with Crippen molar-refractivity contribution in [1.29, 1.82) is 0 Å². The number of hydroxylamine groups is 1. The summed E-state index contributed by atoms with van der Waals surface area (Å²) in [5, 5.41) is 18.2. The second kappa shape index (κ2) is 4.82. The Bertz CT molecular complexity index is 354. The van der Waals surface area contributed by atoms with Gasteiger partial charge in [-0.25, -0.2) is 0 Å². The molecule has 0 saturated carbocycles. The van der Waals surface area contributed by atoms with Crippen molar-refractivity contribution in [1.82, 2.24) is 5.48 Å². The van der Waals surface area contributed by atoms with Crippen LogP contribution in [0.25, 0.3) is 0 Å². The number of aliphatic hydroxyl groups is 1. The van der Waals surface area contributed by atoms with Gasteiger partial charge < -0.3 is 10.3 Å². The maximum absolute atomic E-state index is 12.4. The highest BCUT2D eigenvalue weighted by Crippen LogP contribution is 2.31. The molecule has 0 spiro atoms. The molecule has 2 atom stereocenters. The molecular weight excluding hydrogens is 223 g/mol. The first-order chi connectivity index (χ1) is 7.36. The van der Waals surface area contributed by atoms with E-state index >= 15 is 0 Å². The van der Waals surface area contributed by atoms with Crippen molar-refractivity contribution in [2.24, 2.45) is 0 Å². The molecular formula is C10H12F3NO2. The Kier molecular flexibility index (Phi) is 3.90. The second-order valence-electron chi connectivity index (χ2n) is 3.49. The molecule has 0 fully saturated rings. The minimum Gasteiger partial charge on any atom is -0.387 e. The number of hydrogen-bond donors (Lipinski definition) is 3. The van der Waals surface area contributed by atoms with Gasteiger partial charge in [0.15, 0.2) is 0 Å². The Hall–Kier alpha value is -1.11. The maximum atomic E-state index is 12.4. The molecule has 0 aliphatic rings. The molecule has 2 unspecified atom stereocenters. The highest BCUT2D eigenvalue weighted by atomic mass is 19.4. The number of aliphatic hydroxyl groups excluding tert-OH is 1. The Morgan fingerprint density at radius 3 is 2.44 bits per heavy atom. The molecule has 0 saturated heterocycles. The van der Waals surface area contributed by atoms with Crippen molar-refractivity contribution in [3.63, 3.8) is 0 Å². The third-order valence-corrected chi connectivity index (χ3v) is 2.23. The number of halogens is 3. The van der Waals surface area contributed by atoms with Crippen molar-refractivity contribution in [3.05, 3.63) is 35.4 Å². The van der Waals surface area contributed by atoms with Gasteiger partial charge in [-0.1, -0.05) is 12.1 Å². The van der Waals surface area contributed by atoms with E-state index in [0.29, 0.717) is 0 Å². The standard InChI is InChI=1S/C10H12F3NO2/c1-6(14-16)9(15)7-3-2-4-8(5-7)10(11,12)13/h2-6,9,14-16H,1H3. The topological polar surface area (TPSA) is 52.5 Å². The van der Waals surface area contributed by atoms with E-state index in [-0.39, 0.29) is 5.56 Å². The van der Waals surface area contributed by atoms with E-state index in [2.05, 4.69) is 0 Å². The molecule has 0 aliphatic carbocycles. The minimum absolute atomic E-state index is 0.101. The van der Waals surface area contributed by atoms with Gasteiger partial charge in [0.25, 0.3) is 0 Å². The first-order valence-electron chi connectivity index (χ1n) is 4.61. The zero-order chi connectivity index (χ0) is 12.3. The number of nitrogens with one attached hydrogen (secondary N) is 1. The number of benzene rings is 1. The van der Waals surface area contributed by atoms with E-state index in [9.17, 15) is 18.3 Å². The van der Waals surface area contributed by atoms with Crippen molar-refractivity contribution in [3.8, 4) is 0 Å². The molecule has 6 heteroatoms. The fraction of sp³-hybridized carbons (Fsp3) is 0.400. The lowest BCUT2D eigenvalue weighted by Gasteiger charge is -2.18. The van der Waals surface area contributed by atoms with E-state index in [1.165, 1.54) is 19.1 Å². The summed E-state index contributed by atoms with van der Waals surface area (Å²) in [5.41, 5.74) is 1.07. The molecule has 0 aliphatic heterocycles. The third-order valence-electron chi connectivity index (χ3n) is 2.23. The van der Waals surface area contributed by atoms with Crippen molar-refractivity contribution >= 4 is 0 Å². The largest absolute Gasteiger partial charge is 0.416 e. The highest BCUT2D eigenvalue weighted by molar-refractivity contribution is 5.27. The van der Waals surface area contributed by atoms with Crippen LogP contribution < -0.4 is 5.48 Å². The Morgan fingerprint density at radius 1 is 1.31 bits per heavy atom. The fourth-order valence-corrected chi connectivity index (χ4v) is 1.26. The zero-order valence-electron chi connectivity index (χ0n) is 8.49. The van der Waals surface area contributed by atoms with E-state index in [1.807, 2.05) is 0 Å². The van der Waals surface area contributed by atoms with Crippen LogP contribution in [0.2, 0.25) is 0 Å². The molecule has 0 radical (unpaired) electrons. The molecule has 3 nitrogen and oxygen atoms in total. The third kappa shape index (κ3) is 2.94. The number of hydrogen-bond acceptors (Lipinski definition) is 3. The van der Waals surface area contributed by atoms with Crippen LogP contribution in [0.15, 0.2) is 24.3 Å². The van der Waals surface area contributed by atoms with Gasteiger partial charge in [-0.15, -0.1) is 0 Å². The van der Waals surface area contributed by atoms with E-state index in [0.717, 1.165) is 12.1 Å². The predicted molar refractivity (Wildman–Crippen MR) is 50.8 cm³/mol. The van der Waals surface area contributed by atoms with Gasteiger partial charge in [-0.3, -0.25) is 0 Å². The average molecular weight is 235 g/mol. The van der Waals surface area contributed by atoms with Crippen LogP contribution in [0.3, 0.4) is 0 Å². The summed E-state index contributed by atoms with van der Waals surface area (Å²) in [7, 11) is 0. The summed E-state index contributed by atoms with van der Waals surface area (Å²) in [5.74, 6) is 0. The van der Waals surface area contributed by atoms with Crippen LogP contribution in [0.4, 0.5) is 13.2 Å². The van der Waals surface area contributed by atoms with Gasteiger partial charge in [0, 0.05) is 0 Å². The van der Waals surface area contributed by atoms with E-state index in [4.69, 9.17) is 5.21 Å². The monoisotopic (exact) mass is 235 g/mol.